The van der Waals surface area contributed by atoms with Crippen LogP contribution < -0.4 is 4.31 Å². The number of carbonyl (C=O) groups excluding carboxylic acids is 1. The Balaban J connectivity index is 1.57. The van der Waals surface area contributed by atoms with Crippen LogP contribution in [-0.4, -0.2) is 37.3 Å². The molecule has 0 bridgehead atoms. The second-order valence-corrected chi connectivity index (χ2v) is 10.3. The number of carbonyl (C=O) groups is 1. The molecule has 2 heterocycles. The van der Waals surface area contributed by atoms with E-state index in [1.54, 1.807) is 28.0 Å². The maximum absolute atomic E-state index is 14.1. The van der Waals surface area contributed by atoms with Crippen molar-refractivity contribution < 1.29 is 13.6 Å². The van der Waals surface area contributed by atoms with Gasteiger partial charge < -0.3 is 9.21 Å². The number of aromatic nitrogens is 1. The molecular formula is C26H23F2N3OS2. The summed E-state index contributed by atoms with van der Waals surface area (Å²) in [6.07, 6.45) is 4.40. The van der Waals surface area contributed by atoms with Crippen LogP contribution in [0.1, 0.15) is 15.9 Å². The minimum absolute atomic E-state index is 0.333. The number of anilines is 1. The van der Waals surface area contributed by atoms with E-state index in [9.17, 15) is 13.6 Å². The van der Waals surface area contributed by atoms with Crippen LogP contribution in [0.25, 0.3) is 20.9 Å². The number of aldehydes is 1. The van der Waals surface area contributed by atoms with Crippen molar-refractivity contribution in [2.24, 2.45) is 0 Å². The van der Waals surface area contributed by atoms with Crippen molar-refractivity contribution in [2.45, 2.75) is 11.4 Å². The zero-order valence-electron chi connectivity index (χ0n) is 19.0. The average molecular weight is 496 g/mol. The molecular weight excluding hydrogens is 472 g/mol. The fourth-order valence-electron chi connectivity index (χ4n) is 3.48. The van der Waals surface area contributed by atoms with Gasteiger partial charge in [-0.1, -0.05) is 12.1 Å². The summed E-state index contributed by atoms with van der Waals surface area (Å²) in [6.45, 7) is 0.685. The molecule has 0 N–H and O–H groups in total. The SMILES string of the molecule is CN(C)Cc1cc(-c2ccc(-c3cncc(N(C)Sc4ccc(F)cc4F)c3)s2)ccc1C=O. The Morgan fingerprint density at radius 1 is 0.941 bits per heavy atom. The Morgan fingerprint density at radius 3 is 2.41 bits per heavy atom. The highest BCUT2D eigenvalue weighted by Crippen LogP contribution is 2.37. The number of benzene rings is 2. The van der Waals surface area contributed by atoms with Gasteiger partial charge in [-0.3, -0.25) is 9.78 Å². The van der Waals surface area contributed by atoms with Gasteiger partial charge in [-0.15, -0.1) is 11.3 Å². The van der Waals surface area contributed by atoms with Crippen molar-refractivity contribution in [1.29, 1.82) is 0 Å². The van der Waals surface area contributed by atoms with Crippen molar-refractivity contribution in [3.8, 4) is 20.9 Å². The lowest BCUT2D eigenvalue weighted by Gasteiger charge is -2.18. The monoisotopic (exact) mass is 495 g/mol. The molecule has 0 aliphatic rings. The second kappa shape index (κ2) is 10.5. The van der Waals surface area contributed by atoms with Crippen LogP contribution in [0.15, 0.2) is 71.9 Å². The summed E-state index contributed by atoms with van der Waals surface area (Å²) in [5.74, 6) is -1.20. The van der Waals surface area contributed by atoms with Crippen LogP contribution in [0.5, 0.6) is 0 Å². The minimum atomic E-state index is -0.601. The summed E-state index contributed by atoms with van der Waals surface area (Å²) >= 11 is 2.81. The smallest absolute Gasteiger partial charge is 0.150 e. The van der Waals surface area contributed by atoms with E-state index in [2.05, 4.69) is 17.1 Å². The van der Waals surface area contributed by atoms with E-state index < -0.39 is 11.6 Å². The minimum Gasteiger partial charge on any atom is -0.314 e. The fourth-order valence-corrected chi connectivity index (χ4v) is 5.24. The molecule has 0 aliphatic heterocycles. The van der Waals surface area contributed by atoms with E-state index in [-0.39, 0.29) is 0 Å². The molecule has 0 aliphatic carbocycles. The molecule has 0 saturated carbocycles. The third-order valence-corrected chi connectivity index (χ3v) is 7.34. The number of nitrogens with zero attached hydrogens (tertiary/aromatic N) is 3. The average Bonchev–Trinajstić information content (AvgIpc) is 3.31. The molecule has 0 saturated heterocycles. The van der Waals surface area contributed by atoms with E-state index >= 15 is 0 Å². The van der Waals surface area contributed by atoms with Gasteiger partial charge in [-0.05, 0) is 73.6 Å². The molecule has 4 nitrogen and oxygen atoms in total. The van der Waals surface area contributed by atoms with E-state index in [0.29, 0.717) is 17.0 Å². The van der Waals surface area contributed by atoms with Crippen LogP contribution in [0.4, 0.5) is 14.5 Å². The molecule has 0 spiro atoms. The molecule has 2 aromatic heterocycles. The molecule has 4 aromatic rings. The number of hydrogen-bond acceptors (Lipinski definition) is 6. The van der Waals surface area contributed by atoms with Gasteiger partial charge in [0.2, 0.25) is 0 Å². The van der Waals surface area contributed by atoms with Crippen LogP contribution in [0.2, 0.25) is 0 Å². The zero-order valence-corrected chi connectivity index (χ0v) is 20.6. The predicted octanol–water partition coefficient (Wildman–Crippen LogP) is 6.77. The first-order chi connectivity index (χ1) is 16.3. The lowest BCUT2D eigenvalue weighted by Crippen LogP contribution is -2.12. The Morgan fingerprint density at radius 2 is 1.71 bits per heavy atom. The first-order valence-corrected chi connectivity index (χ1v) is 12.1. The summed E-state index contributed by atoms with van der Waals surface area (Å²) in [4.78, 5) is 20.3. The first kappa shape index (κ1) is 24.1. The maximum atomic E-state index is 14.1. The van der Waals surface area contributed by atoms with Crippen molar-refractivity contribution in [3.05, 3.63) is 89.8 Å². The Hall–Kier alpha value is -3.07. The summed E-state index contributed by atoms with van der Waals surface area (Å²) in [6, 6.07) is 15.5. The summed E-state index contributed by atoms with van der Waals surface area (Å²) in [5.41, 5.74) is 4.48. The highest BCUT2D eigenvalue weighted by molar-refractivity contribution is 8.00. The van der Waals surface area contributed by atoms with E-state index in [1.807, 2.05) is 50.3 Å². The van der Waals surface area contributed by atoms with Crippen LogP contribution in [0, 0.1) is 11.6 Å². The zero-order chi connectivity index (χ0) is 24.2. The predicted molar refractivity (Wildman–Crippen MR) is 136 cm³/mol. The standard InChI is InChI=1S/C26H23F2N3OS2/c1-30(2)15-20-10-17(4-5-18(20)16-32)24-8-9-25(33-24)19-11-22(14-29-13-19)31(3)34-26-7-6-21(27)12-23(26)28/h4-14,16H,15H2,1-3H3. The van der Waals surface area contributed by atoms with Gasteiger partial charge in [0.05, 0.1) is 16.8 Å². The Labute approximate surface area is 206 Å². The number of hydrogen-bond donors (Lipinski definition) is 0. The Kier molecular flexibility index (Phi) is 7.41. The summed E-state index contributed by atoms with van der Waals surface area (Å²) in [5, 5.41) is 0. The quantitative estimate of drug-likeness (QED) is 0.199. The van der Waals surface area contributed by atoms with Gasteiger partial charge in [0.1, 0.15) is 17.9 Å². The fraction of sp³-hybridized carbons (Fsp3) is 0.154. The molecule has 174 valence electrons. The maximum Gasteiger partial charge on any atom is 0.150 e. The third-order valence-electron chi connectivity index (χ3n) is 5.15. The van der Waals surface area contributed by atoms with Crippen molar-refractivity contribution in [3.63, 3.8) is 0 Å². The molecule has 4 rings (SSSR count). The van der Waals surface area contributed by atoms with Crippen molar-refractivity contribution in [2.75, 3.05) is 25.4 Å². The van der Waals surface area contributed by atoms with E-state index in [4.69, 9.17) is 0 Å². The van der Waals surface area contributed by atoms with Gasteiger partial charge in [0.25, 0.3) is 0 Å². The molecule has 34 heavy (non-hydrogen) atoms. The van der Waals surface area contributed by atoms with E-state index in [1.165, 1.54) is 24.1 Å². The molecule has 0 radical (unpaired) electrons. The number of halogens is 2. The van der Waals surface area contributed by atoms with Gasteiger partial charge in [0, 0.05) is 46.7 Å². The highest BCUT2D eigenvalue weighted by Gasteiger charge is 2.13. The van der Waals surface area contributed by atoms with Gasteiger partial charge in [-0.25, -0.2) is 8.78 Å². The van der Waals surface area contributed by atoms with Crippen molar-refractivity contribution in [1.82, 2.24) is 9.88 Å². The van der Waals surface area contributed by atoms with Crippen molar-refractivity contribution >= 4 is 35.3 Å². The molecule has 2 aromatic carbocycles. The highest BCUT2D eigenvalue weighted by atomic mass is 32.2. The lowest BCUT2D eigenvalue weighted by atomic mass is 10.0. The molecule has 0 unspecified atom stereocenters. The van der Waals surface area contributed by atoms with Crippen LogP contribution in [0.3, 0.4) is 0 Å². The largest absolute Gasteiger partial charge is 0.314 e. The Bertz CT molecular complexity index is 1320. The topological polar surface area (TPSA) is 36.4 Å². The third kappa shape index (κ3) is 5.52. The number of rotatable bonds is 8. The van der Waals surface area contributed by atoms with Gasteiger partial charge in [-0.2, -0.15) is 0 Å². The molecule has 8 heteroatoms. The lowest BCUT2D eigenvalue weighted by molar-refractivity contribution is 0.112. The number of thiophene rings is 1. The van der Waals surface area contributed by atoms with Crippen LogP contribution >= 0.6 is 23.3 Å². The van der Waals surface area contributed by atoms with Crippen LogP contribution in [-0.2, 0) is 6.54 Å². The van der Waals surface area contributed by atoms with E-state index in [0.717, 1.165) is 44.5 Å². The van der Waals surface area contributed by atoms with Gasteiger partial charge >= 0.3 is 0 Å². The number of pyridine rings is 1. The van der Waals surface area contributed by atoms with Gasteiger partial charge in [0.15, 0.2) is 0 Å². The second-order valence-electron chi connectivity index (χ2n) is 8.03. The normalized spacial score (nSPS) is 11.1. The molecule has 0 amide bonds. The summed E-state index contributed by atoms with van der Waals surface area (Å²) < 4.78 is 29.1. The molecule has 0 fully saturated rings. The first-order valence-electron chi connectivity index (χ1n) is 10.5. The molecule has 0 atom stereocenters. The summed E-state index contributed by atoms with van der Waals surface area (Å²) in [7, 11) is 5.77.